The van der Waals surface area contributed by atoms with Gasteiger partial charge in [0.25, 0.3) is 11.8 Å². The van der Waals surface area contributed by atoms with Crippen LogP contribution < -0.4 is 9.64 Å². The zero-order valence-electron chi connectivity index (χ0n) is 23.3. The normalized spacial score (nSPS) is 20.8. The third-order valence-corrected chi connectivity index (χ3v) is 8.00. The number of hydrogen-bond acceptors (Lipinski definition) is 3. The molecule has 2 aliphatic rings. The van der Waals surface area contributed by atoms with E-state index in [1.165, 1.54) is 11.0 Å². The minimum Gasteiger partial charge on any atom is -0.476 e. The Hall–Kier alpha value is -3.03. The number of carbonyl (C=O) groups excluding carboxylic acids is 2. The van der Waals surface area contributed by atoms with Crippen LogP contribution in [0.2, 0.25) is 0 Å². The van der Waals surface area contributed by atoms with E-state index in [4.69, 9.17) is 4.74 Å². The number of alkyl halides is 3. The third kappa shape index (κ3) is 5.94. The number of hydrogen-bond donors (Lipinski definition) is 0. The van der Waals surface area contributed by atoms with E-state index in [1.807, 2.05) is 44.2 Å². The summed E-state index contributed by atoms with van der Waals surface area (Å²) >= 11 is 0. The van der Waals surface area contributed by atoms with Gasteiger partial charge in [0.05, 0.1) is 16.8 Å². The number of likely N-dealkylation sites (N-methyl/N-ethyl adjacent to an activating group) is 1. The predicted octanol–water partition coefficient (Wildman–Crippen LogP) is 7.59. The fourth-order valence-electron chi connectivity index (χ4n) is 6.02. The van der Waals surface area contributed by atoms with Crippen LogP contribution in [0.4, 0.5) is 18.9 Å². The van der Waals surface area contributed by atoms with Crippen LogP contribution in [0.25, 0.3) is 0 Å². The van der Waals surface area contributed by atoms with Crippen molar-refractivity contribution < 1.29 is 27.5 Å². The van der Waals surface area contributed by atoms with E-state index in [-0.39, 0.29) is 35.8 Å². The zero-order chi connectivity index (χ0) is 28.4. The zero-order valence-corrected chi connectivity index (χ0v) is 23.3. The summed E-state index contributed by atoms with van der Waals surface area (Å²) in [6.07, 6.45) is 1.26. The topological polar surface area (TPSA) is 49.9 Å². The summed E-state index contributed by atoms with van der Waals surface area (Å²) in [5.74, 6) is -0.964. The number of carbonyl (C=O) groups is 2. The Morgan fingerprint density at radius 1 is 1.08 bits per heavy atom. The highest BCUT2D eigenvalue weighted by Crippen LogP contribution is 2.45. The highest BCUT2D eigenvalue weighted by atomic mass is 19.4. The van der Waals surface area contributed by atoms with Crippen molar-refractivity contribution in [3.8, 4) is 5.75 Å². The number of benzene rings is 2. The van der Waals surface area contributed by atoms with E-state index in [1.54, 1.807) is 18.7 Å². The average molecular weight is 545 g/mol. The Kier molecular flexibility index (Phi) is 8.62. The third-order valence-electron chi connectivity index (χ3n) is 8.00. The number of rotatable bonds is 8. The maximum absolute atomic E-state index is 14.4. The molecule has 0 spiro atoms. The van der Waals surface area contributed by atoms with Gasteiger partial charge in [-0.1, -0.05) is 62.9 Å². The fraction of sp³-hybridized carbons (Fsp3) is 0.548. The van der Waals surface area contributed by atoms with E-state index in [2.05, 4.69) is 0 Å². The molecule has 1 aliphatic heterocycles. The van der Waals surface area contributed by atoms with Gasteiger partial charge in [0.15, 0.2) is 5.60 Å². The lowest BCUT2D eigenvalue weighted by molar-refractivity contribution is -0.138. The van der Waals surface area contributed by atoms with Gasteiger partial charge in [-0.3, -0.25) is 9.59 Å². The molecule has 5 nitrogen and oxygen atoms in total. The Labute approximate surface area is 229 Å². The molecular formula is C31H39F3N2O3. The first-order valence-electron chi connectivity index (χ1n) is 14.1. The van der Waals surface area contributed by atoms with Crippen LogP contribution in [0.5, 0.6) is 5.75 Å². The molecule has 212 valence electrons. The van der Waals surface area contributed by atoms with E-state index < -0.39 is 28.8 Å². The van der Waals surface area contributed by atoms with Crippen LogP contribution in [-0.2, 0) is 11.0 Å². The van der Waals surface area contributed by atoms with E-state index in [0.717, 1.165) is 50.2 Å². The van der Waals surface area contributed by atoms with Crippen LogP contribution in [-0.4, -0.2) is 41.4 Å². The molecule has 0 unspecified atom stereocenters. The number of anilines is 1. The Morgan fingerprint density at radius 3 is 2.41 bits per heavy atom. The molecule has 0 saturated heterocycles. The summed E-state index contributed by atoms with van der Waals surface area (Å²) in [6, 6.07) is 11.8. The highest BCUT2D eigenvalue weighted by molar-refractivity contribution is 6.05. The molecule has 8 heteroatoms. The number of fused-ring (bicyclic) bond motifs is 1. The minimum absolute atomic E-state index is 0.0251. The molecule has 0 N–H and O–H groups in total. The minimum atomic E-state index is -4.77. The second kappa shape index (κ2) is 11.6. The number of amides is 2. The molecule has 2 atom stereocenters. The van der Waals surface area contributed by atoms with Crippen molar-refractivity contribution in [2.75, 3.05) is 18.0 Å². The Morgan fingerprint density at radius 2 is 1.77 bits per heavy atom. The largest absolute Gasteiger partial charge is 0.476 e. The van der Waals surface area contributed by atoms with Gasteiger partial charge >= 0.3 is 6.18 Å². The van der Waals surface area contributed by atoms with Gasteiger partial charge in [0.2, 0.25) is 0 Å². The molecule has 2 aromatic rings. The number of nitrogens with zero attached hydrogens (tertiary/aromatic N) is 2. The second-order valence-corrected chi connectivity index (χ2v) is 11.1. The summed E-state index contributed by atoms with van der Waals surface area (Å²) in [5.41, 5.74) is -1.45. The quantitative estimate of drug-likeness (QED) is 0.322. The van der Waals surface area contributed by atoms with Crippen LogP contribution in [0.1, 0.15) is 100 Å². The summed E-state index contributed by atoms with van der Waals surface area (Å²) in [4.78, 5) is 30.4. The van der Waals surface area contributed by atoms with Gasteiger partial charge in [-0.25, -0.2) is 0 Å². The molecule has 0 aromatic heterocycles. The number of ether oxygens (including phenoxy) is 1. The molecule has 0 radical (unpaired) electrons. The average Bonchev–Trinajstić information content (AvgIpc) is 2.91. The van der Waals surface area contributed by atoms with Crippen LogP contribution in [0, 0.1) is 0 Å². The monoisotopic (exact) mass is 544 g/mol. The van der Waals surface area contributed by atoms with Gasteiger partial charge in [-0.15, -0.1) is 0 Å². The first-order valence-corrected chi connectivity index (χ1v) is 14.1. The van der Waals surface area contributed by atoms with E-state index in [0.29, 0.717) is 13.0 Å². The van der Waals surface area contributed by atoms with Crippen LogP contribution >= 0.6 is 0 Å². The molecule has 4 rings (SSSR count). The van der Waals surface area contributed by atoms with Crippen molar-refractivity contribution in [2.24, 2.45) is 0 Å². The lowest BCUT2D eigenvalue weighted by Gasteiger charge is -2.41. The smallest absolute Gasteiger partial charge is 0.417 e. The molecule has 1 saturated carbocycles. The van der Waals surface area contributed by atoms with Crippen molar-refractivity contribution in [3.05, 3.63) is 59.2 Å². The number of unbranched alkanes of at least 4 members (excludes halogenated alkanes) is 2. The maximum atomic E-state index is 14.4. The van der Waals surface area contributed by atoms with Crippen molar-refractivity contribution in [1.82, 2.24) is 4.90 Å². The van der Waals surface area contributed by atoms with E-state index in [9.17, 15) is 22.8 Å². The molecule has 0 bridgehead atoms. The molecule has 1 aliphatic carbocycles. The molecule has 1 heterocycles. The molecular weight excluding hydrogens is 505 g/mol. The first-order chi connectivity index (χ1) is 18.5. The van der Waals surface area contributed by atoms with Crippen LogP contribution in [0.3, 0.4) is 0 Å². The summed E-state index contributed by atoms with van der Waals surface area (Å²) in [7, 11) is 0. The fourth-order valence-corrected chi connectivity index (χ4v) is 6.02. The standard InChI is InChI=1S/C31H39F3N2O3/c1-5-7-13-18-36-26-19-23(24(31(32,33)34)20-27(26)39-30(3,4)29(36)38)28(37)35(6-2)25-17-12-11-16-22(25)21-14-9-8-10-15-21/h8-10,14-15,19-20,22,25H,5-7,11-13,16-18H2,1-4H3/t22-,25-/m1/s1. The Balaban J connectivity index is 1.79. The summed E-state index contributed by atoms with van der Waals surface area (Å²) in [5, 5.41) is 0. The molecule has 2 amide bonds. The molecule has 39 heavy (non-hydrogen) atoms. The Bertz CT molecular complexity index is 1180. The first kappa shape index (κ1) is 29.0. The summed E-state index contributed by atoms with van der Waals surface area (Å²) in [6.45, 7) is 7.60. The van der Waals surface area contributed by atoms with E-state index >= 15 is 0 Å². The lowest BCUT2D eigenvalue weighted by Crippen LogP contribution is -2.53. The van der Waals surface area contributed by atoms with Gasteiger partial charge in [-0.2, -0.15) is 13.2 Å². The van der Waals surface area contributed by atoms with Gasteiger partial charge in [0.1, 0.15) is 5.75 Å². The van der Waals surface area contributed by atoms with Crippen LogP contribution in [0.15, 0.2) is 42.5 Å². The molecule has 2 aromatic carbocycles. The van der Waals surface area contributed by atoms with Gasteiger partial charge in [0, 0.05) is 25.0 Å². The van der Waals surface area contributed by atoms with Gasteiger partial charge in [-0.05, 0) is 57.7 Å². The lowest BCUT2D eigenvalue weighted by atomic mass is 9.79. The van der Waals surface area contributed by atoms with Crippen molar-refractivity contribution in [1.29, 1.82) is 0 Å². The number of halogens is 3. The summed E-state index contributed by atoms with van der Waals surface area (Å²) < 4.78 is 49.1. The van der Waals surface area contributed by atoms with Gasteiger partial charge < -0.3 is 14.5 Å². The van der Waals surface area contributed by atoms with Crippen molar-refractivity contribution in [2.45, 2.75) is 96.4 Å². The highest BCUT2D eigenvalue weighted by Gasteiger charge is 2.45. The predicted molar refractivity (Wildman–Crippen MR) is 146 cm³/mol. The SMILES string of the molecule is CCCCCN1C(=O)C(C)(C)Oc2cc(C(F)(F)F)c(C(=O)N(CC)[C@@H]3CCCC[C@@H]3c3ccccc3)cc21. The molecule has 1 fully saturated rings. The van der Waals surface area contributed by atoms with Crippen molar-refractivity contribution >= 4 is 17.5 Å². The van der Waals surface area contributed by atoms with Crippen molar-refractivity contribution in [3.63, 3.8) is 0 Å². The second-order valence-electron chi connectivity index (χ2n) is 11.1. The maximum Gasteiger partial charge on any atom is 0.417 e.